The van der Waals surface area contributed by atoms with Gasteiger partial charge in [-0.05, 0) is 17.7 Å². The maximum Gasteiger partial charge on any atom is 0.131 e. The molecule has 1 N–H and O–H groups in total. The largest absolute Gasteiger partial charge is 0.381 e. The molecule has 142 valence electrons. The van der Waals surface area contributed by atoms with Crippen molar-refractivity contribution in [2.45, 2.75) is 6.10 Å². The van der Waals surface area contributed by atoms with E-state index in [2.05, 4.69) is 25.9 Å². The number of benzene rings is 1. The molecule has 1 saturated heterocycles. The average Bonchev–Trinajstić information content (AvgIpc) is 3.44. The van der Waals surface area contributed by atoms with Crippen molar-refractivity contribution in [1.82, 2.24) is 15.0 Å². The van der Waals surface area contributed by atoms with Gasteiger partial charge in [0.15, 0.2) is 0 Å². The predicted molar refractivity (Wildman–Crippen MR) is 112 cm³/mol. The lowest BCUT2D eigenvalue weighted by Crippen LogP contribution is -2.35. The molecule has 1 atom stereocenters. The van der Waals surface area contributed by atoms with Gasteiger partial charge in [-0.2, -0.15) is 0 Å². The summed E-state index contributed by atoms with van der Waals surface area (Å²) in [5, 5.41) is 14.4. The van der Waals surface area contributed by atoms with E-state index in [1.165, 1.54) is 16.3 Å². The van der Waals surface area contributed by atoms with Crippen LogP contribution in [-0.4, -0.2) is 46.4 Å². The third-order valence-corrected chi connectivity index (χ3v) is 6.80. The third-order valence-electron chi connectivity index (χ3n) is 4.78. The normalized spacial score (nSPS) is 15.8. The number of fused-ring (bicyclic) bond motifs is 1. The Hall–Kier alpha value is -2.39. The number of nitrogens with zero attached hydrogens (tertiary/aromatic N) is 4. The number of thiophene rings is 1. The molecule has 1 fully saturated rings. The van der Waals surface area contributed by atoms with Crippen molar-refractivity contribution in [2.75, 3.05) is 31.2 Å². The van der Waals surface area contributed by atoms with Gasteiger partial charge in [0.05, 0.1) is 34.1 Å². The second-order valence-corrected chi connectivity index (χ2v) is 8.48. The van der Waals surface area contributed by atoms with Crippen LogP contribution in [0.1, 0.15) is 16.7 Å². The number of aliphatic hydroxyl groups is 1. The molecule has 3 aromatic heterocycles. The zero-order valence-electron chi connectivity index (χ0n) is 15.0. The lowest BCUT2D eigenvalue weighted by atomic mass is 10.0. The Kier molecular flexibility index (Phi) is 4.77. The number of thiazole rings is 1. The number of ether oxygens (including phenoxy) is 1. The van der Waals surface area contributed by atoms with Crippen LogP contribution in [0.3, 0.4) is 0 Å². The second kappa shape index (κ2) is 7.56. The minimum Gasteiger partial charge on any atom is -0.381 e. The molecule has 0 radical (unpaired) electrons. The molecule has 1 aliphatic rings. The summed E-state index contributed by atoms with van der Waals surface area (Å²) in [6.45, 7) is 3.29. The highest BCUT2D eigenvalue weighted by Crippen LogP contribution is 2.37. The summed E-state index contributed by atoms with van der Waals surface area (Å²) in [6, 6.07) is 10.0. The number of hydrogen-bond acceptors (Lipinski definition) is 8. The molecule has 0 bridgehead atoms. The van der Waals surface area contributed by atoms with Crippen LogP contribution in [0.25, 0.3) is 21.5 Å². The Balaban J connectivity index is 1.54. The molecular weight excluding hydrogens is 392 g/mol. The first-order chi connectivity index (χ1) is 13.8. The van der Waals surface area contributed by atoms with Crippen LogP contribution >= 0.6 is 22.7 Å². The van der Waals surface area contributed by atoms with Gasteiger partial charge in [0, 0.05) is 30.2 Å². The number of morpholine rings is 1. The van der Waals surface area contributed by atoms with E-state index in [0.717, 1.165) is 53.3 Å². The van der Waals surface area contributed by atoms with Gasteiger partial charge in [-0.3, -0.25) is 0 Å². The van der Waals surface area contributed by atoms with E-state index in [-0.39, 0.29) is 0 Å². The highest BCUT2D eigenvalue weighted by molar-refractivity contribution is 7.23. The summed E-state index contributed by atoms with van der Waals surface area (Å²) in [6.07, 6.45) is 2.58. The smallest absolute Gasteiger partial charge is 0.131 e. The van der Waals surface area contributed by atoms with Crippen molar-refractivity contribution in [3.8, 4) is 11.3 Å². The van der Waals surface area contributed by atoms with Crippen LogP contribution in [-0.2, 0) is 4.74 Å². The third kappa shape index (κ3) is 3.29. The number of aliphatic hydroxyl groups excluding tert-OH is 1. The molecule has 0 spiro atoms. The van der Waals surface area contributed by atoms with Crippen LogP contribution in [0.4, 0.5) is 5.00 Å². The van der Waals surface area contributed by atoms with Gasteiger partial charge in [-0.15, -0.1) is 22.7 Å². The van der Waals surface area contributed by atoms with Gasteiger partial charge in [0.25, 0.3) is 0 Å². The SMILES string of the molecule is OC(c1cccc(-c2ncnc3cc(N4CCOCC4)sc23)c1)c1nccs1. The molecule has 4 heterocycles. The van der Waals surface area contributed by atoms with Crippen molar-refractivity contribution >= 4 is 37.9 Å². The first-order valence-corrected chi connectivity index (χ1v) is 10.7. The zero-order valence-corrected chi connectivity index (χ0v) is 16.6. The molecule has 1 aliphatic heterocycles. The minimum absolute atomic E-state index is 0.690. The molecule has 8 heteroatoms. The highest BCUT2D eigenvalue weighted by Gasteiger charge is 2.18. The Bertz CT molecular complexity index is 1090. The summed E-state index contributed by atoms with van der Waals surface area (Å²) in [7, 11) is 0. The maximum absolute atomic E-state index is 10.6. The van der Waals surface area contributed by atoms with E-state index >= 15 is 0 Å². The van der Waals surface area contributed by atoms with E-state index in [4.69, 9.17) is 4.74 Å². The fraction of sp³-hybridized carbons (Fsp3) is 0.250. The van der Waals surface area contributed by atoms with Crippen LogP contribution in [0, 0.1) is 0 Å². The number of aromatic nitrogens is 3. The molecule has 4 aromatic rings. The maximum atomic E-state index is 10.6. The van der Waals surface area contributed by atoms with Crippen molar-refractivity contribution in [1.29, 1.82) is 0 Å². The Labute approximate surface area is 170 Å². The Morgan fingerprint density at radius 1 is 1.11 bits per heavy atom. The first-order valence-electron chi connectivity index (χ1n) is 9.04. The van der Waals surface area contributed by atoms with Crippen molar-refractivity contribution in [3.05, 3.63) is 58.8 Å². The Morgan fingerprint density at radius 2 is 2.00 bits per heavy atom. The highest BCUT2D eigenvalue weighted by atomic mass is 32.1. The van der Waals surface area contributed by atoms with Crippen molar-refractivity contribution in [2.24, 2.45) is 0 Å². The van der Waals surface area contributed by atoms with Crippen LogP contribution in [0.15, 0.2) is 48.2 Å². The van der Waals surface area contributed by atoms with Crippen LogP contribution < -0.4 is 4.90 Å². The quantitative estimate of drug-likeness (QED) is 0.553. The van der Waals surface area contributed by atoms with E-state index < -0.39 is 6.10 Å². The summed E-state index contributed by atoms with van der Waals surface area (Å²) in [4.78, 5) is 15.6. The van der Waals surface area contributed by atoms with Gasteiger partial charge in [-0.1, -0.05) is 18.2 Å². The molecule has 0 saturated carbocycles. The minimum atomic E-state index is -0.732. The summed E-state index contributed by atoms with van der Waals surface area (Å²) in [5.74, 6) is 0. The average molecular weight is 411 g/mol. The second-order valence-electron chi connectivity index (χ2n) is 6.52. The van der Waals surface area contributed by atoms with E-state index in [1.54, 1.807) is 23.9 Å². The Morgan fingerprint density at radius 3 is 2.82 bits per heavy atom. The molecule has 0 amide bonds. The molecule has 1 unspecified atom stereocenters. The molecule has 1 aromatic carbocycles. The molecule has 28 heavy (non-hydrogen) atoms. The molecule has 5 rings (SSSR count). The van der Waals surface area contributed by atoms with Crippen LogP contribution in [0.5, 0.6) is 0 Å². The fourth-order valence-corrected chi connectivity index (χ4v) is 5.18. The summed E-state index contributed by atoms with van der Waals surface area (Å²) in [5.41, 5.74) is 3.62. The summed E-state index contributed by atoms with van der Waals surface area (Å²) >= 11 is 3.16. The molecule has 6 nitrogen and oxygen atoms in total. The van der Waals surface area contributed by atoms with Gasteiger partial charge < -0.3 is 14.7 Å². The van der Waals surface area contributed by atoms with Crippen LogP contribution in [0.2, 0.25) is 0 Å². The van der Waals surface area contributed by atoms with Gasteiger partial charge >= 0.3 is 0 Å². The molecular formula is C20H18N4O2S2. The first kappa shape index (κ1) is 17.7. The zero-order chi connectivity index (χ0) is 18.9. The molecule has 0 aliphatic carbocycles. The number of rotatable bonds is 4. The summed E-state index contributed by atoms with van der Waals surface area (Å²) < 4.78 is 6.52. The number of hydrogen-bond donors (Lipinski definition) is 1. The lowest BCUT2D eigenvalue weighted by molar-refractivity contribution is 0.123. The van der Waals surface area contributed by atoms with Gasteiger partial charge in [0.2, 0.25) is 0 Å². The van der Waals surface area contributed by atoms with Crippen molar-refractivity contribution < 1.29 is 9.84 Å². The van der Waals surface area contributed by atoms with E-state index in [9.17, 15) is 5.11 Å². The monoisotopic (exact) mass is 410 g/mol. The van der Waals surface area contributed by atoms with E-state index in [0.29, 0.717) is 5.01 Å². The van der Waals surface area contributed by atoms with Crippen molar-refractivity contribution in [3.63, 3.8) is 0 Å². The predicted octanol–water partition coefficient (Wildman–Crippen LogP) is 3.73. The van der Waals surface area contributed by atoms with Gasteiger partial charge in [0.1, 0.15) is 17.4 Å². The standard InChI is InChI=1S/C20H18N4O2S2/c25-18(20-21-4-9-27-20)14-3-1-2-13(10-14)17-19-15(22-12-23-17)11-16(28-19)24-5-7-26-8-6-24/h1-4,9-12,18,25H,5-8H2. The fourth-order valence-electron chi connectivity index (χ4n) is 3.36. The van der Waals surface area contributed by atoms with E-state index in [1.807, 2.05) is 29.6 Å². The topological polar surface area (TPSA) is 71.4 Å². The lowest BCUT2D eigenvalue weighted by Gasteiger charge is -2.27. The van der Waals surface area contributed by atoms with Gasteiger partial charge in [-0.25, -0.2) is 15.0 Å². The number of anilines is 1.